The van der Waals surface area contributed by atoms with E-state index < -0.39 is 0 Å². The number of hydrogen-bond donors (Lipinski definition) is 1. The van der Waals surface area contributed by atoms with Crippen molar-refractivity contribution in [2.24, 2.45) is 5.92 Å². The number of ether oxygens (including phenoxy) is 1. The Kier molecular flexibility index (Phi) is 3.34. The van der Waals surface area contributed by atoms with Gasteiger partial charge in [0.1, 0.15) is 0 Å². The SMILES string of the molecule is CC1(C)CC(C(O)C2(C)CCCS2)C(C)(C)O1. The average Bonchev–Trinajstić information content (AvgIpc) is 2.67. The fourth-order valence-electron chi connectivity index (χ4n) is 3.56. The van der Waals surface area contributed by atoms with Crippen LogP contribution in [0.3, 0.4) is 0 Å². The minimum absolute atomic E-state index is 0.0334. The van der Waals surface area contributed by atoms with Gasteiger partial charge in [-0.15, -0.1) is 0 Å². The number of hydrogen-bond acceptors (Lipinski definition) is 3. The molecule has 0 aromatic rings. The Morgan fingerprint density at radius 3 is 2.29 bits per heavy atom. The summed E-state index contributed by atoms with van der Waals surface area (Å²) in [6, 6.07) is 0. The predicted octanol–water partition coefficient (Wildman–Crippen LogP) is 3.23. The van der Waals surface area contributed by atoms with Gasteiger partial charge in [-0.2, -0.15) is 11.8 Å². The highest BCUT2D eigenvalue weighted by atomic mass is 32.2. The van der Waals surface area contributed by atoms with Crippen LogP contribution in [-0.4, -0.2) is 32.9 Å². The first-order valence-corrected chi connectivity index (χ1v) is 7.67. The molecule has 2 saturated heterocycles. The molecule has 0 amide bonds. The summed E-state index contributed by atoms with van der Waals surface area (Å²) in [5.74, 6) is 1.43. The molecular weight excluding hydrogens is 232 g/mol. The molecular formula is C14H26O2S. The molecule has 0 aliphatic carbocycles. The summed E-state index contributed by atoms with van der Waals surface area (Å²) in [6.45, 7) is 10.7. The van der Waals surface area contributed by atoms with E-state index in [2.05, 4.69) is 34.6 Å². The highest BCUT2D eigenvalue weighted by Crippen LogP contribution is 2.50. The van der Waals surface area contributed by atoms with E-state index >= 15 is 0 Å². The first-order valence-electron chi connectivity index (χ1n) is 6.69. The lowest BCUT2D eigenvalue weighted by atomic mass is 9.77. The van der Waals surface area contributed by atoms with Crippen molar-refractivity contribution in [1.82, 2.24) is 0 Å². The highest BCUT2D eigenvalue weighted by Gasteiger charge is 2.53. The zero-order valence-corrected chi connectivity index (χ0v) is 12.6. The van der Waals surface area contributed by atoms with Crippen molar-refractivity contribution in [1.29, 1.82) is 0 Å². The summed E-state index contributed by atoms with van der Waals surface area (Å²) in [5.41, 5.74) is -0.316. The maximum absolute atomic E-state index is 10.8. The minimum atomic E-state index is -0.258. The van der Waals surface area contributed by atoms with Gasteiger partial charge in [0.2, 0.25) is 0 Å². The monoisotopic (exact) mass is 258 g/mol. The van der Waals surface area contributed by atoms with Crippen molar-refractivity contribution >= 4 is 11.8 Å². The molecule has 0 saturated carbocycles. The third-order valence-corrected chi connectivity index (χ3v) is 6.00. The molecule has 0 bridgehead atoms. The molecule has 0 radical (unpaired) electrons. The van der Waals surface area contributed by atoms with Crippen molar-refractivity contribution < 1.29 is 9.84 Å². The van der Waals surface area contributed by atoms with Crippen LogP contribution >= 0.6 is 11.8 Å². The molecule has 3 heteroatoms. The Hall–Kier alpha value is 0.270. The molecule has 0 aromatic heterocycles. The van der Waals surface area contributed by atoms with E-state index in [1.807, 2.05) is 11.8 Å². The topological polar surface area (TPSA) is 29.5 Å². The summed E-state index contributed by atoms with van der Waals surface area (Å²) in [4.78, 5) is 0. The molecule has 2 nitrogen and oxygen atoms in total. The molecule has 0 aromatic carbocycles. The van der Waals surface area contributed by atoms with Crippen molar-refractivity contribution in [3.8, 4) is 0 Å². The molecule has 3 unspecified atom stereocenters. The van der Waals surface area contributed by atoms with Crippen LogP contribution in [0.25, 0.3) is 0 Å². The quantitative estimate of drug-likeness (QED) is 0.824. The molecule has 1 N–H and O–H groups in total. The van der Waals surface area contributed by atoms with Gasteiger partial charge in [-0.25, -0.2) is 0 Å². The summed E-state index contributed by atoms with van der Waals surface area (Å²) in [6.07, 6.45) is 3.06. The van der Waals surface area contributed by atoms with E-state index in [9.17, 15) is 5.11 Å². The van der Waals surface area contributed by atoms with E-state index in [1.165, 1.54) is 12.2 Å². The molecule has 17 heavy (non-hydrogen) atoms. The largest absolute Gasteiger partial charge is 0.391 e. The molecule has 2 aliphatic heterocycles. The standard InChI is InChI=1S/C14H26O2S/c1-12(2)9-10(13(3,4)16-12)11(15)14(5)7-6-8-17-14/h10-11,15H,6-9H2,1-5H3. The average molecular weight is 258 g/mol. The summed E-state index contributed by atoms with van der Waals surface area (Å²) < 4.78 is 6.14. The zero-order chi connectivity index (χ0) is 12.9. The second-order valence-corrected chi connectivity index (χ2v) is 8.61. The third kappa shape index (κ3) is 2.52. The van der Waals surface area contributed by atoms with Crippen LogP contribution in [0.2, 0.25) is 0 Å². The summed E-state index contributed by atoms with van der Waals surface area (Å²) in [7, 11) is 0. The van der Waals surface area contributed by atoms with Gasteiger partial charge in [0.25, 0.3) is 0 Å². The van der Waals surface area contributed by atoms with Gasteiger partial charge >= 0.3 is 0 Å². The lowest BCUT2D eigenvalue weighted by molar-refractivity contribution is -0.0907. The maximum Gasteiger partial charge on any atom is 0.0740 e. The van der Waals surface area contributed by atoms with Crippen LogP contribution in [0.1, 0.15) is 53.9 Å². The van der Waals surface area contributed by atoms with Gasteiger partial charge in [-0.05, 0) is 59.6 Å². The number of thioether (sulfide) groups is 1. The Morgan fingerprint density at radius 2 is 1.88 bits per heavy atom. The van der Waals surface area contributed by atoms with Crippen LogP contribution in [0.5, 0.6) is 0 Å². The van der Waals surface area contributed by atoms with E-state index in [0.717, 1.165) is 12.8 Å². The Bertz CT molecular complexity index is 293. The van der Waals surface area contributed by atoms with Gasteiger partial charge in [0, 0.05) is 10.7 Å². The lowest BCUT2D eigenvalue weighted by Crippen LogP contribution is -2.46. The molecule has 3 atom stereocenters. The molecule has 0 spiro atoms. The Labute approximate surface area is 110 Å². The fraction of sp³-hybridized carbons (Fsp3) is 1.00. The van der Waals surface area contributed by atoms with E-state index in [4.69, 9.17) is 4.74 Å². The number of rotatable bonds is 2. The van der Waals surface area contributed by atoms with Crippen LogP contribution in [0.4, 0.5) is 0 Å². The maximum atomic E-state index is 10.8. The van der Waals surface area contributed by atoms with Gasteiger partial charge < -0.3 is 9.84 Å². The van der Waals surface area contributed by atoms with Gasteiger partial charge in [0.15, 0.2) is 0 Å². The van der Waals surface area contributed by atoms with E-state index in [-0.39, 0.29) is 28.0 Å². The second-order valence-electron chi connectivity index (χ2n) is 6.99. The minimum Gasteiger partial charge on any atom is -0.391 e. The van der Waals surface area contributed by atoms with Gasteiger partial charge in [-0.1, -0.05) is 0 Å². The van der Waals surface area contributed by atoms with Crippen molar-refractivity contribution in [2.75, 3.05) is 5.75 Å². The molecule has 2 aliphatic rings. The normalized spacial score (nSPS) is 41.6. The second kappa shape index (κ2) is 4.14. The summed E-state index contributed by atoms with van der Waals surface area (Å²) in [5, 5.41) is 10.8. The first-order chi connectivity index (χ1) is 7.66. The van der Waals surface area contributed by atoms with E-state index in [1.54, 1.807) is 0 Å². The van der Waals surface area contributed by atoms with Crippen molar-refractivity contribution in [2.45, 2.75) is 75.9 Å². The Balaban J connectivity index is 2.17. The third-order valence-electron chi connectivity index (χ3n) is 4.40. The lowest BCUT2D eigenvalue weighted by Gasteiger charge is -2.38. The molecule has 2 fully saturated rings. The van der Waals surface area contributed by atoms with Crippen LogP contribution < -0.4 is 0 Å². The molecule has 100 valence electrons. The number of aliphatic hydroxyl groups excluding tert-OH is 1. The Morgan fingerprint density at radius 1 is 1.24 bits per heavy atom. The van der Waals surface area contributed by atoms with Gasteiger partial charge in [-0.3, -0.25) is 0 Å². The molecule has 2 heterocycles. The smallest absolute Gasteiger partial charge is 0.0740 e. The summed E-state index contributed by atoms with van der Waals surface area (Å²) >= 11 is 1.93. The van der Waals surface area contributed by atoms with Crippen LogP contribution in [0, 0.1) is 5.92 Å². The fourth-order valence-corrected chi connectivity index (χ4v) is 4.93. The van der Waals surface area contributed by atoms with Crippen molar-refractivity contribution in [3.05, 3.63) is 0 Å². The van der Waals surface area contributed by atoms with Gasteiger partial charge in [0.05, 0.1) is 17.3 Å². The zero-order valence-electron chi connectivity index (χ0n) is 11.7. The number of aliphatic hydroxyl groups is 1. The predicted molar refractivity (Wildman–Crippen MR) is 73.5 cm³/mol. The van der Waals surface area contributed by atoms with E-state index in [0.29, 0.717) is 0 Å². The van der Waals surface area contributed by atoms with Crippen LogP contribution in [-0.2, 0) is 4.74 Å². The molecule has 2 rings (SSSR count). The first kappa shape index (κ1) is 13.7. The highest BCUT2D eigenvalue weighted by molar-refractivity contribution is 8.00. The van der Waals surface area contributed by atoms with Crippen LogP contribution in [0.15, 0.2) is 0 Å². The van der Waals surface area contributed by atoms with Crippen molar-refractivity contribution in [3.63, 3.8) is 0 Å².